The fourth-order valence-electron chi connectivity index (χ4n) is 3.08. The van der Waals surface area contributed by atoms with Crippen LogP contribution < -0.4 is 10.6 Å². The predicted molar refractivity (Wildman–Crippen MR) is 80.4 cm³/mol. The zero-order valence-corrected chi connectivity index (χ0v) is 13.6. The molecule has 1 saturated carbocycles. The molecule has 1 aromatic rings. The number of hydrogen-bond donors (Lipinski definition) is 2. The average molecular weight is 365 g/mol. The van der Waals surface area contributed by atoms with Crippen molar-refractivity contribution in [2.45, 2.75) is 31.2 Å². The van der Waals surface area contributed by atoms with Crippen molar-refractivity contribution in [1.82, 2.24) is 15.1 Å². The van der Waals surface area contributed by atoms with Crippen LogP contribution in [0.3, 0.4) is 0 Å². The van der Waals surface area contributed by atoms with Gasteiger partial charge in [-0.25, -0.2) is 0 Å². The number of carbonyl (C=O) groups is 1. The Bertz CT molecular complexity index is 593. The van der Waals surface area contributed by atoms with Crippen LogP contribution in [0, 0.1) is 5.92 Å². The second kappa shape index (κ2) is 6.45. The standard InChI is InChI=1S/C13H18F3N5O2S/c14-13(15,16)11-18-19-12(24-11)21-3-1-20(2-4-21)10(23)7-5-8(17)9(22)6-7/h7-9,22H,1-6,17H2/t7-,8-,9-/m0/s1. The smallest absolute Gasteiger partial charge is 0.391 e. The number of anilines is 1. The molecule has 0 bridgehead atoms. The summed E-state index contributed by atoms with van der Waals surface area (Å²) >= 11 is 0.508. The highest BCUT2D eigenvalue weighted by Crippen LogP contribution is 2.34. The van der Waals surface area contributed by atoms with Crippen molar-refractivity contribution in [1.29, 1.82) is 0 Å². The van der Waals surface area contributed by atoms with Crippen molar-refractivity contribution in [3.8, 4) is 0 Å². The normalized spacial score (nSPS) is 28.5. The first-order valence-electron chi connectivity index (χ1n) is 7.64. The highest BCUT2D eigenvalue weighted by molar-refractivity contribution is 7.15. The molecule has 1 saturated heterocycles. The molecule has 1 aliphatic carbocycles. The number of hydrogen-bond acceptors (Lipinski definition) is 7. The fraction of sp³-hybridized carbons (Fsp3) is 0.769. The molecular weight excluding hydrogens is 347 g/mol. The van der Waals surface area contributed by atoms with E-state index in [4.69, 9.17) is 5.73 Å². The number of halogens is 3. The van der Waals surface area contributed by atoms with Crippen LogP contribution in [-0.4, -0.2) is 64.4 Å². The number of carbonyl (C=O) groups excluding carboxylic acids is 1. The van der Waals surface area contributed by atoms with Crippen molar-refractivity contribution >= 4 is 22.4 Å². The molecule has 0 spiro atoms. The van der Waals surface area contributed by atoms with Gasteiger partial charge in [-0.15, -0.1) is 10.2 Å². The first kappa shape index (κ1) is 17.4. The summed E-state index contributed by atoms with van der Waals surface area (Å²) in [6.45, 7) is 1.61. The molecule has 0 aromatic carbocycles. The monoisotopic (exact) mass is 365 g/mol. The summed E-state index contributed by atoms with van der Waals surface area (Å²) in [6, 6.07) is -0.373. The lowest BCUT2D eigenvalue weighted by Gasteiger charge is -2.35. The molecule has 134 valence electrons. The number of aliphatic hydroxyl groups excluding tert-OH is 1. The Morgan fingerprint density at radius 2 is 1.88 bits per heavy atom. The number of rotatable bonds is 2. The molecule has 2 heterocycles. The number of aliphatic hydroxyl groups is 1. The molecule has 0 radical (unpaired) electrons. The van der Waals surface area contributed by atoms with E-state index in [2.05, 4.69) is 10.2 Å². The Labute approximate surface area is 140 Å². The van der Waals surface area contributed by atoms with Gasteiger partial charge in [0.25, 0.3) is 0 Å². The van der Waals surface area contributed by atoms with E-state index < -0.39 is 17.3 Å². The highest BCUT2D eigenvalue weighted by atomic mass is 32.1. The van der Waals surface area contributed by atoms with E-state index in [9.17, 15) is 23.1 Å². The molecule has 7 nitrogen and oxygen atoms in total. The zero-order chi connectivity index (χ0) is 17.5. The van der Waals surface area contributed by atoms with E-state index in [1.165, 1.54) is 0 Å². The van der Waals surface area contributed by atoms with E-state index in [0.717, 1.165) is 0 Å². The van der Waals surface area contributed by atoms with Crippen LogP contribution in [0.5, 0.6) is 0 Å². The lowest BCUT2D eigenvalue weighted by molar-refractivity contribution is -0.138. The Morgan fingerprint density at radius 3 is 2.38 bits per heavy atom. The Balaban J connectivity index is 1.56. The van der Waals surface area contributed by atoms with Gasteiger partial charge in [-0.2, -0.15) is 13.2 Å². The minimum absolute atomic E-state index is 0.0464. The van der Waals surface area contributed by atoms with Crippen LogP contribution in [0.25, 0.3) is 0 Å². The van der Waals surface area contributed by atoms with Gasteiger partial charge in [0.1, 0.15) is 0 Å². The molecule has 2 fully saturated rings. The zero-order valence-electron chi connectivity index (χ0n) is 12.7. The van der Waals surface area contributed by atoms with Gasteiger partial charge in [0.05, 0.1) is 6.10 Å². The molecule has 11 heteroatoms. The van der Waals surface area contributed by atoms with Crippen LogP contribution in [0.1, 0.15) is 17.8 Å². The van der Waals surface area contributed by atoms with Crippen LogP contribution in [0.4, 0.5) is 18.3 Å². The summed E-state index contributed by atoms with van der Waals surface area (Å²) in [7, 11) is 0. The summed E-state index contributed by atoms with van der Waals surface area (Å²) in [6.07, 6.45) is -4.31. The van der Waals surface area contributed by atoms with E-state index in [1.54, 1.807) is 9.80 Å². The summed E-state index contributed by atoms with van der Waals surface area (Å²) < 4.78 is 37.7. The number of nitrogens with zero attached hydrogens (tertiary/aromatic N) is 4. The van der Waals surface area contributed by atoms with Gasteiger partial charge in [-0.05, 0) is 12.8 Å². The number of alkyl halides is 3. The molecule has 3 N–H and O–H groups in total. The van der Waals surface area contributed by atoms with Crippen molar-refractivity contribution in [2.24, 2.45) is 11.7 Å². The van der Waals surface area contributed by atoms with Gasteiger partial charge < -0.3 is 20.6 Å². The van der Waals surface area contributed by atoms with Gasteiger partial charge in [0.2, 0.25) is 16.0 Å². The largest absolute Gasteiger partial charge is 0.445 e. The topological polar surface area (TPSA) is 95.6 Å². The minimum Gasteiger partial charge on any atom is -0.391 e. The average Bonchev–Trinajstić information content (AvgIpc) is 3.14. The van der Waals surface area contributed by atoms with Gasteiger partial charge >= 0.3 is 6.18 Å². The first-order valence-corrected chi connectivity index (χ1v) is 8.45. The maximum Gasteiger partial charge on any atom is 0.445 e. The quantitative estimate of drug-likeness (QED) is 0.783. The van der Waals surface area contributed by atoms with E-state index >= 15 is 0 Å². The lowest BCUT2D eigenvalue weighted by atomic mass is 10.1. The maximum atomic E-state index is 12.6. The SMILES string of the molecule is N[C@H]1C[C@H](C(=O)N2CCN(c3nnc(C(F)(F)F)s3)CC2)C[C@@H]1O. The molecule has 3 rings (SSSR count). The van der Waals surface area contributed by atoms with Crippen molar-refractivity contribution in [3.63, 3.8) is 0 Å². The molecule has 2 aliphatic rings. The van der Waals surface area contributed by atoms with Crippen LogP contribution in [-0.2, 0) is 11.0 Å². The minimum atomic E-state index is -4.49. The number of amides is 1. The van der Waals surface area contributed by atoms with Gasteiger partial charge in [-0.3, -0.25) is 4.79 Å². The molecule has 1 aliphatic heterocycles. The molecule has 24 heavy (non-hydrogen) atoms. The second-order valence-corrected chi connectivity index (χ2v) is 7.06. The van der Waals surface area contributed by atoms with Crippen LogP contribution >= 0.6 is 11.3 Å². The van der Waals surface area contributed by atoms with E-state index in [0.29, 0.717) is 50.4 Å². The first-order chi connectivity index (χ1) is 11.3. The van der Waals surface area contributed by atoms with Crippen molar-refractivity contribution in [3.05, 3.63) is 5.01 Å². The van der Waals surface area contributed by atoms with Crippen molar-refractivity contribution in [2.75, 3.05) is 31.1 Å². The van der Waals surface area contributed by atoms with Crippen LogP contribution in [0.2, 0.25) is 0 Å². The number of piperazine rings is 1. The predicted octanol–water partition coefficient (Wildman–Crippen LogP) is 0.304. The number of aromatic nitrogens is 2. The Morgan fingerprint density at radius 1 is 1.21 bits per heavy atom. The molecule has 3 atom stereocenters. The van der Waals surface area contributed by atoms with E-state index in [-0.39, 0.29) is 23.0 Å². The lowest BCUT2D eigenvalue weighted by Crippen LogP contribution is -2.50. The molecular formula is C13H18F3N5O2S. The Hall–Kier alpha value is -1.46. The number of nitrogens with two attached hydrogens (primary N) is 1. The highest BCUT2D eigenvalue weighted by Gasteiger charge is 2.39. The Kier molecular flexibility index (Phi) is 4.67. The maximum absolute atomic E-state index is 12.6. The van der Waals surface area contributed by atoms with Gasteiger partial charge in [-0.1, -0.05) is 11.3 Å². The van der Waals surface area contributed by atoms with Gasteiger partial charge in [0.15, 0.2) is 0 Å². The summed E-state index contributed by atoms with van der Waals surface area (Å²) in [5.74, 6) is -0.324. The van der Waals surface area contributed by atoms with E-state index in [1.807, 2.05) is 0 Å². The van der Waals surface area contributed by atoms with Crippen LogP contribution in [0.15, 0.2) is 0 Å². The third-order valence-corrected chi connectivity index (χ3v) is 5.47. The van der Waals surface area contributed by atoms with Gasteiger partial charge in [0, 0.05) is 38.1 Å². The third kappa shape index (κ3) is 3.47. The molecule has 1 amide bonds. The summed E-state index contributed by atoms with van der Waals surface area (Å²) in [4.78, 5) is 15.8. The molecule has 0 unspecified atom stereocenters. The third-order valence-electron chi connectivity index (χ3n) is 4.44. The second-order valence-electron chi connectivity index (χ2n) is 6.10. The molecule has 1 aromatic heterocycles. The summed E-state index contributed by atoms with van der Waals surface area (Å²) in [5.41, 5.74) is 5.74. The van der Waals surface area contributed by atoms with Crippen molar-refractivity contribution < 1.29 is 23.1 Å². The fourth-order valence-corrected chi connectivity index (χ4v) is 3.85. The summed E-state index contributed by atoms with van der Waals surface area (Å²) in [5, 5.41) is 15.7.